The van der Waals surface area contributed by atoms with Crippen LogP contribution < -0.4 is 5.32 Å². The average molecular weight is 477 g/mol. The van der Waals surface area contributed by atoms with Gasteiger partial charge in [0.15, 0.2) is 0 Å². The molecule has 32 heavy (non-hydrogen) atoms. The van der Waals surface area contributed by atoms with Crippen molar-refractivity contribution in [2.24, 2.45) is 0 Å². The molecule has 2 saturated heterocycles. The zero-order chi connectivity index (χ0) is 23.0. The highest BCUT2D eigenvalue weighted by atomic mass is 32.2. The van der Waals surface area contributed by atoms with Gasteiger partial charge < -0.3 is 20.0 Å². The van der Waals surface area contributed by atoms with Crippen LogP contribution in [0.2, 0.25) is 0 Å². The molecule has 1 aromatic carbocycles. The Morgan fingerprint density at radius 1 is 1.22 bits per heavy atom. The Hall–Kier alpha value is -1.71. The molecule has 7 nitrogen and oxygen atoms in total. The molecule has 9 heteroatoms. The molecule has 3 aliphatic heterocycles. The van der Waals surface area contributed by atoms with Gasteiger partial charge in [0, 0.05) is 36.5 Å². The van der Waals surface area contributed by atoms with Crippen LogP contribution in [0.3, 0.4) is 0 Å². The van der Waals surface area contributed by atoms with Gasteiger partial charge in [-0.05, 0) is 51.0 Å². The summed E-state index contributed by atoms with van der Waals surface area (Å²) < 4.78 is -0.459. The molecule has 1 N–H and O–H groups in total. The standard InChI is InChI=1S/C23H32N4O3S2/c1-23(2)18(27-20(29)15-7-5-6-8-16(15)22(27)32-23)19(28)24-17(9-14-31-4)21(30)26-12-10-25(3)11-13-26/h5-8,17-18,22H,9-14H2,1-4H3,(H,24,28). The molecule has 3 unspecified atom stereocenters. The first-order chi connectivity index (χ1) is 15.2. The number of amides is 3. The van der Waals surface area contributed by atoms with E-state index in [4.69, 9.17) is 0 Å². The minimum Gasteiger partial charge on any atom is -0.342 e. The third kappa shape index (κ3) is 4.26. The Balaban J connectivity index is 1.53. The summed E-state index contributed by atoms with van der Waals surface area (Å²) in [5.74, 6) is 0.426. The molecule has 4 rings (SSSR count). The Bertz CT molecular complexity index is 901. The van der Waals surface area contributed by atoms with Crippen molar-refractivity contribution in [1.29, 1.82) is 0 Å². The van der Waals surface area contributed by atoms with Crippen LogP contribution in [0.25, 0.3) is 0 Å². The first-order valence-electron chi connectivity index (χ1n) is 11.1. The molecule has 0 aliphatic carbocycles. The van der Waals surface area contributed by atoms with E-state index in [2.05, 4.69) is 17.3 Å². The summed E-state index contributed by atoms with van der Waals surface area (Å²) >= 11 is 3.30. The Morgan fingerprint density at radius 3 is 2.59 bits per heavy atom. The van der Waals surface area contributed by atoms with Crippen LogP contribution in [0.15, 0.2) is 24.3 Å². The maximum Gasteiger partial charge on any atom is 0.256 e. The van der Waals surface area contributed by atoms with Crippen molar-refractivity contribution in [2.75, 3.05) is 45.2 Å². The van der Waals surface area contributed by atoms with Crippen molar-refractivity contribution in [3.63, 3.8) is 0 Å². The van der Waals surface area contributed by atoms with Crippen molar-refractivity contribution in [3.05, 3.63) is 35.4 Å². The molecular weight excluding hydrogens is 444 g/mol. The minimum atomic E-state index is -0.630. The summed E-state index contributed by atoms with van der Waals surface area (Å²) in [5.41, 5.74) is 1.64. The molecule has 0 saturated carbocycles. The van der Waals surface area contributed by atoms with Crippen molar-refractivity contribution >= 4 is 41.2 Å². The van der Waals surface area contributed by atoms with E-state index >= 15 is 0 Å². The number of nitrogens with one attached hydrogen (secondary N) is 1. The summed E-state index contributed by atoms with van der Waals surface area (Å²) in [5, 5.41) is 2.89. The highest BCUT2D eigenvalue weighted by molar-refractivity contribution is 8.01. The molecular formula is C23H32N4O3S2. The van der Waals surface area contributed by atoms with Gasteiger partial charge in [0.25, 0.3) is 5.91 Å². The molecule has 0 radical (unpaired) electrons. The van der Waals surface area contributed by atoms with Crippen molar-refractivity contribution < 1.29 is 14.4 Å². The fourth-order valence-electron chi connectivity index (χ4n) is 4.80. The van der Waals surface area contributed by atoms with E-state index in [0.717, 1.165) is 24.4 Å². The van der Waals surface area contributed by atoms with E-state index < -0.39 is 16.8 Å². The molecule has 2 fully saturated rings. The fourth-order valence-corrected chi connectivity index (χ4v) is 6.86. The smallest absolute Gasteiger partial charge is 0.256 e. The van der Waals surface area contributed by atoms with E-state index in [1.54, 1.807) is 28.4 Å². The first kappa shape index (κ1) is 23.4. The molecule has 3 heterocycles. The van der Waals surface area contributed by atoms with Gasteiger partial charge >= 0.3 is 0 Å². The number of carbonyl (C=O) groups excluding carboxylic acids is 3. The van der Waals surface area contributed by atoms with E-state index in [1.807, 2.05) is 49.3 Å². The number of piperazine rings is 1. The van der Waals surface area contributed by atoms with Crippen LogP contribution >= 0.6 is 23.5 Å². The number of rotatable bonds is 6. The van der Waals surface area contributed by atoms with Crippen LogP contribution in [0.4, 0.5) is 0 Å². The number of benzene rings is 1. The first-order valence-corrected chi connectivity index (χ1v) is 13.4. The summed E-state index contributed by atoms with van der Waals surface area (Å²) in [6.07, 6.45) is 2.58. The van der Waals surface area contributed by atoms with Crippen LogP contribution in [-0.2, 0) is 9.59 Å². The fraction of sp³-hybridized carbons (Fsp3) is 0.609. The van der Waals surface area contributed by atoms with E-state index in [9.17, 15) is 14.4 Å². The lowest BCUT2D eigenvalue weighted by atomic mass is 10.00. The molecule has 0 aromatic heterocycles. The lowest BCUT2D eigenvalue weighted by molar-refractivity contribution is -0.139. The topological polar surface area (TPSA) is 73.0 Å². The number of nitrogens with zero attached hydrogens (tertiary/aromatic N) is 3. The van der Waals surface area contributed by atoms with Gasteiger partial charge in [-0.3, -0.25) is 14.4 Å². The Labute approximate surface area is 198 Å². The van der Waals surface area contributed by atoms with Gasteiger partial charge in [0.1, 0.15) is 17.5 Å². The number of hydrogen-bond acceptors (Lipinski definition) is 6. The van der Waals surface area contributed by atoms with Gasteiger partial charge in [-0.15, -0.1) is 11.8 Å². The lowest BCUT2D eigenvalue weighted by Gasteiger charge is -2.36. The number of hydrogen-bond donors (Lipinski definition) is 1. The molecule has 3 amide bonds. The van der Waals surface area contributed by atoms with Crippen LogP contribution in [-0.4, -0.2) is 94.5 Å². The third-order valence-electron chi connectivity index (χ3n) is 6.58. The number of carbonyl (C=O) groups is 3. The van der Waals surface area contributed by atoms with Gasteiger partial charge in [-0.25, -0.2) is 0 Å². The highest BCUT2D eigenvalue weighted by Gasteiger charge is 2.57. The van der Waals surface area contributed by atoms with Crippen molar-refractivity contribution in [3.8, 4) is 0 Å². The summed E-state index contributed by atoms with van der Waals surface area (Å²) in [6.45, 7) is 7.04. The zero-order valence-corrected chi connectivity index (χ0v) is 20.8. The summed E-state index contributed by atoms with van der Waals surface area (Å²) in [7, 11) is 2.05. The Morgan fingerprint density at radius 2 is 1.91 bits per heavy atom. The van der Waals surface area contributed by atoms with Crippen LogP contribution in [0, 0.1) is 0 Å². The predicted molar refractivity (Wildman–Crippen MR) is 130 cm³/mol. The maximum atomic E-state index is 13.6. The van der Waals surface area contributed by atoms with Gasteiger partial charge in [-0.1, -0.05) is 18.2 Å². The predicted octanol–water partition coefficient (Wildman–Crippen LogP) is 2.05. The van der Waals surface area contributed by atoms with E-state index in [-0.39, 0.29) is 23.1 Å². The highest BCUT2D eigenvalue weighted by Crippen LogP contribution is 2.56. The van der Waals surface area contributed by atoms with Crippen LogP contribution in [0.5, 0.6) is 0 Å². The Kier molecular flexibility index (Phi) is 6.79. The van der Waals surface area contributed by atoms with Crippen LogP contribution in [0.1, 0.15) is 41.6 Å². The molecule has 3 aliphatic rings. The third-order valence-corrected chi connectivity index (χ3v) is 8.76. The SMILES string of the molecule is CSCCC(NC(=O)C1N2C(=O)c3ccccc3C2SC1(C)C)C(=O)N1CCN(C)CC1. The second-order valence-corrected chi connectivity index (χ2v) is 12.0. The summed E-state index contributed by atoms with van der Waals surface area (Å²) in [4.78, 5) is 45.9. The van der Waals surface area contributed by atoms with Crippen molar-refractivity contribution in [2.45, 2.75) is 42.5 Å². The van der Waals surface area contributed by atoms with E-state index in [0.29, 0.717) is 25.1 Å². The average Bonchev–Trinajstić information content (AvgIpc) is 3.20. The molecule has 3 atom stereocenters. The molecule has 0 bridgehead atoms. The lowest BCUT2D eigenvalue weighted by Crippen LogP contribution is -2.59. The second-order valence-electron chi connectivity index (χ2n) is 9.25. The molecule has 0 spiro atoms. The minimum absolute atomic E-state index is 0.0171. The van der Waals surface area contributed by atoms with E-state index in [1.165, 1.54) is 0 Å². The van der Waals surface area contributed by atoms with Gasteiger partial charge in [0.05, 0.1) is 0 Å². The molecule has 174 valence electrons. The number of likely N-dealkylation sites (N-methyl/N-ethyl adjacent to an activating group) is 1. The molecule has 1 aromatic rings. The van der Waals surface area contributed by atoms with Gasteiger partial charge in [-0.2, -0.15) is 11.8 Å². The monoisotopic (exact) mass is 476 g/mol. The van der Waals surface area contributed by atoms with Crippen molar-refractivity contribution in [1.82, 2.24) is 20.0 Å². The zero-order valence-electron chi connectivity index (χ0n) is 19.2. The summed E-state index contributed by atoms with van der Waals surface area (Å²) in [6, 6.07) is 6.39. The second kappa shape index (κ2) is 9.27. The number of fused-ring (bicyclic) bond motifs is 3. The quantitative estimate of drug-likeness (QED) is 0.678. The maximum absolute atomic E-state index is 13.6. The van der Waals surface area contributed by atoms with Gasteiger partial charge in [0.2, 0.25) is 11.8 Å². The largest absolute Gasteiger partial charge is 0.342 e. The number of thioether (sulfide) groups is 2. The normalized spacial score (nSPS) is 25.4.